The summed E-state index contributed by atoms with van der Waals surface area (Å²) in [5, 5.41) is 8.82. The third-order valence-corrected chi connectivity index (χ3v) is 2.99. The summed E-state index contributed by atoms with van der Waals surface area (Å²) < 4.78 is 0. The lowest BCUT2D eigenvalue weighted by Crippen LogP contribution is -2.43. The highest BCUT2D eigenvalue weighted by atomic mass is 16.4. The van der Waals surface area contributed by atoms with Gasteiger partial charge in [0, 0.05) is 19.1 Å². The zero-order valence-corrected chi connectivity index (χ0v) is 9.78. The van der Waals surface area contributed by atoms with Crippen molar-refractivity contribution < 1.29 is 9.90 Å². The molecule has 1 N–H and O–H groups in total. The first-order chi connectivity index (χ1) is 7.09. The Morgan fingerprint density at radius 3 is 2.80 bits per heavy atom. The summed E-state index contributed by atoms with van der Waals surface area (Å²) in [5.41, 5.74) is 0. The van der Waals surface area contributed by atoms with Gasteiger partial charge in [-0.1, -0.05) is 6.42 Å². The van der Waals surface area contributed by atoms with Gasteiger partial charge in [0.25, 0.3) is 0 Å². The van der Waals surface area contributed by atoms with Crippen LogP contribution >= 0.6 is 0 Å². The molecule has 1 unspecified atom stereocenters. The van der Waals surface area contributed by atoms with Crippen molar-refractivity contribution in [2.45, 2.75) is 31.7 Å². The van der Waals surface area contributed by atoms with Crippen molar-refractivity contribution in [1.82, 2.24) is 9.80 Å². The lowest BCUT2D eigenvalue weighted by Gasteiger charge is -2.35. The van der Waals surface area contributed by atoms with Gasteiger partial charge in [0.2, 0.25) is 0 Å². The van der Waals surface area contributed by atoms with E-state index >= 15 is 0 Å². The van der Waals surface area contributed by atoms with Crippen LogP contribution in [0.25, 0.3) is 0 Å². The van der Waals surface area contributed by atoms with Gasteiger partial charge < -0.3 is 10.0 Å². The first kappa shape index (κ1) is 12.5. The molecule has 0 saturated carbocycles. The average molecular weight is 214 g/mol. The van der Waals surface area contributed by atoms with Crippen molar-refractivity contribution in [2.24, 2.45) is 0 Å². The number of nitrogens with zero attached hydrogens (tertiary/aromatic N) is 2. The Morgan fingerprint density at radius 1 is 1.47 bits per heavy atom. The number of aliphatic carboxylic acids is 1. The maximum absolute atomic E-state index is 10.7. The Morgan fingerprint density at radius 2 is 2.20 bits per heavy atom. The third-order valence-electron chi connectivity index (χ3n) is 2.99. The van der Waals surface area contributed by atoms with E-state index in [1.165, 1.54) is 12.8 Å². The van der Waals surface area contributed by atoms with E-state index in [2.05, 4.69) is 23.9 Å². The molecule has 0 spiro atoms. The van der Waals surface area contributed by atoms with E-state index in [-0.39, 0.29) is 6.04 Å². The van der Waals surface area contributed by atoms with Gasteiger partial charge in [0.1, 0.15) is 0 Å². The van der Waals surface area contributed by atoms with Crippen molar-refractivity contribution in [3.63, 3.8) is 0 Å². The van der Waals surface area contributed by atoms with Crippen LogP contribution in [0.1, 0.15) is 25.7 Å². The molecule has 0 aromatic rings. The Hall–Kier alpha value is -0.610. The number of likely N-dealkylation sites (N-methyl/N-ethyl adjacent to an activating group) is 1. The number of carboxylic acid groups (broad SMARTS) is 1. The van der Waals surface area contributed by atoms with Crippen LogP contribution in [-0.4, -0.2) is 60.6 Å². The minimum absolute atomic E-state index is 0.260. The number of hydrogen-bond donors (Lipinski definition) is 1. The Kier molecular flexibility index (Phi) is 5.05. The molecule has 0 radical (unpaired) electrons. The molecule has 1 aliphatic rings. The van der Waals surface area contributed by atoms with E-state index in [0.29, 0.717) is 6.42 Å². The zero-order chi connectivity index (χ0) is 11.3. The van der Waals surface area contributed by atoms with Gasteiger partial charge in [0.15, 0.2) is 0 Å². The molecular weight excluding hydrogens is 192 g/mol. The molecule has 0 aliphatic carbocycles. The molecule has 88 valence electrons. The second-order valence-electron chi connectivity index (χ2n) is 4.59. The lowest BCUT2D eigenvalue weighted by atomic mass is 9.99. The molecule has 1 rings (SSSR count). The topological polar surface area (TPSA) is 43.8 Å². The SMILES string of the molecule is CN(C)CCN1CCCCC1CC(=O)O. The minimum Gasteiger partial charge on any atom is -0.481 e. The molecule has 4 heteroatoms. The average Bonchev–Trinajstić information content (AvgIpc) is 2.15. The van der Waals surface area contributed by atoms with Crippen molar-refractivity contribution in [1.29, 1.82) is 0 Å². The van der Waals surface area contributed by atoms with Crippen LogP contribution in [0.5, 0.6) is 0 Å². The summed E-state index contributed by atoms with van der Waals surface area (Å²) in [4.78, 5) is 15.2. The second kappa shape index (κ2) is 6.08. The summed E-state index contributed by atoms with van der Waals surface area (Å²) in [6.07, 6.45) is 3.73. The van der Waals surface area contributed by atoms with E-state index in [0.717, 1.165) is 26.1 Å². The highest BCUT2D eigenvalue weighted by Gasteiger charge is 2.23. The van der Waals surface area contributed by atoms with Gasteiger partial charge in [-0.3, -0.25) is 9.69 Å². The van der Waals surface area contributed by atoms with E-state index in [4.69, 9.17) is 5.11 Å². The normalized spacial score (nSPS) is 23.3. The predicted octanol–water partition coefficient (Wildman–Crippen LogP) is 0.877. The Bertz CT molecular complexity index is 207. The van der Waals surface area contributed by atoms with Crippen LogP contribution in [0, 0.1) is 0 Å². The number of carboxylic acids is 1. The third kappa shape index (κ3) is 4.62. The van der Waals surface area contributed by atoms with E-state index in [1.807, 2.05) is 0 Å². The van der Waals surface area contributed by atoms with E-state index in [9.17, 15) is 4.79 Å². The molecule has 1 saturated heterocycles. The summed E-state index contributed by atoms with van der Waals surface area (Å²) in [6, 6.07) is 0.260. The predicted molar refractivity (Wildman–Crippen MR) is 60.0 cm³/mol. The van der Waals surface area contributed by atoms with Gasteiger partial charge in [0.05, 0.1) is 6.42 Å². The van der Waals surface area contributed by atoms with Crippen molar-refractivity contribution in [3.05, 3.63) is 0 Å². The molecule has 0 bridgehead atoms. The summed E-state index contributed by atoms with van der Waals surface area (Å²) in [7, 11) is 4.10. The van der Waals surface area contributed by atoms with E-state index in [1.54, 1.807) is 0 Å². The number of hydrogen-bond acceptors (Lipinski definition) is 3. The molecule has 0 aromatic carbocycles. The molecule has 15 heavy (non-hydrogen) atoms. The first-order valence-corrected chi connectivity index (χ1v) is 5.70. The molecule has 1 heterocycles. The van der Waals surface area contributed by atoms with Crippen LogP contribution < -0.4 is 0 Å². The largest absolute Gasteiger partial charge is 0.481 e. The quantitative estimate of drug-likeness (QED) is 0.738. The van der Waals surface area contributed by atoms with Crippen LogP contribution in [-0.2, 0) is 4.79 Å². The molecule has 1 aliphatic heterocycles. The number of rotatable bonds is 5. The zero-order valence-electron chi connectivity index (χ0n) is 9.78. The lowest BCUT2D eigenvalue weighted by molar-refractivity contribution is -0.138. The maximum atomic E-state index is 10.7. The first-order valence-electron chi connectivity index (χ1n) is 5.70. The van der Waals surface area contributed by atoms with Crippen LogP contribution in [0.15, 0.2) is 0 Å². The molecule has 1 atom stereocenters. The molecule has 0 amide bonds. The second-order valence-corrected chi connectivity index (χ2v) is 4.59. The fourth-order valence-corrected chi connectivity index (χ4v) is 2.12. The van der Waals surface area contributed by atoms with Gasteiger partial charge in [-0.2, -0.15) is 0 Å². The highest BCUT2D eigenvalue weighted by molar-refractivity contribution is 5.67. The van der Waals surface area contributed by atoms with Gasteiger partial charge in [-0.15, -0.1) is 0 Å². The highest BCUT2D eigenvalue weighted by Crippen LogP contribution is 2.19. The van der Waals surface area contributed by atoms with Crippen molar-refractivity contribution >= 4 is 5.97 Å². The van der Waals surface area contributed by atoms with Crippen LogP contribution in [0.3, 0.4) is 0 Å². The summed E-state index contributed by atoms with van der Waals surface area (Å²) in [6.45, 7) is 3.06. The summed E-state index contributed by atoms with van der Waals surface area (Å²) >= 11 is 0. The van der Waals surface area contributed by atoms with Gasteiger partial charge in [-0.25, -0.2) is 0 Å². The Balaban J connectivity index is 2.39. The number of piperidine rings is 1. The van der Waals surface area contributed by atoms with Crippen LogP contribution in [0.4, 0.5) is 0 Å². The smallest absolute Gasteiger partial charge is 0.304 e. The van der Waals surface area contributed by atoms with Crippen molar-refractivity contribution in [2.75, 3.05) is 33.7 Å². The fourth-order valence-electron chi connectivity index (χ4n) is 2.12. The monoisotopic (exact) mass is 214 g/mol. The number of likely N-dealkylation sites (tertiary alicyclic amines) is 1. The molecule has 4 nitrogen and oxygen atoms in total. The Labute approximate surface area is 91.9 Å². The number of carbonyl (C=O) groups is 1. The van der Waals surface area contributed by atoms with Gasteiger partial charge in [-0.05, 0) is 33.5 Å². The van der Waals surface area contributed by atoms with Crippen LogP contribution in [0.2, 0.25) is 0 Å². The fraction of sp³-hybridized carbons (Fsp3) is 0.909. The molecule has 0 aromatic heterocycles. The van der Waals surface area contributed by atoms with Crippen molar-refractivity contribution in [3.8, 4) is 0 Å². The maximum Gasteiger partial charge on any atom is 0.304 e. The standard InChI is InChI=1S/C11H22N2O2/c1-12(2)7-8-13-6-4-3-5-10(13)9-11(14)15/h10H,3-9H2,1-2H3,(H,14,15). The molecule has 1 fully saturated rings. The van der Waals surface area contributed by atoms with Gasteiger partial charge >= 0.3 is 5.97 Å². The van der Waals surface area contributed by atoms with E-state index < -0.39 is 5.97 Å². The molecular formula is C11H22N2O2. The minimum atomic E-state index is -0.670. The summed E-state index contributed by atoms with van der Waals surface area (Å²) in [5.74, 6) is -0.670.